The third kappa shape index (κ3) is 1.90. The average molecular weight is 307 g/mol. The standard InChI is InChI=1S/C18H11ClN2O/c19-15-6-3-9-21-16(11-22)17(20-18(15)21)14-8-7-12-4-1-2-5-13(12)10-14/h1-11H. The molecule has 0 fully saturated rings. The van der Waals surface area contributed by atoms with E-state index in [1.165, 1.54) is 0 Å². The molecule has 0 radical (unpaired) electrons. The van der Waals surface area contributed by atoms with E-state index < -0.39 is 0 Å². The normalized spacial score (nSPS) is 11.1. The third-order valence-corrected chi connectivity index (χ3v) is 4.07. The number of aldehydes is 1. The van der Waals surface area contributed by atoms with Gasteiger partial charge in [0, 0.05) is 11.8 Å². The second-order valence-electron chi connectivity index (χ2n) is 5.08. The van der Waals surface area contributed by atoms with E-state index in [2.05, 4.69) is 11.1 Å². The number of benzene rings is 2. The second kappa shape index (κ2) is 4.97. The van der Waals surface area contributed by atoms with Crippen LogP contribution in [0.3, 0.4) is 0 Å². The van der Waals surface area contributed by atoms with Crippen LogP contribution >= 0.6 is 11.6 Å². The van der Waals surface area contributed by atoms with E-state index in [4.69, 9.17) is 11.6 Å². The van der Waals surface area contributed by atoms with Gasteiger partial charge in [-0.1, -0.05) is 48.0 Å². The predicted octanol–water partition coefficient (Wildman–Crippen LogP) is 4.62. The number of carbonyl (C=O) groups excluding carboxylic acids is 1. The Morgan fingerprint density at radius 1 is 1.00 bits per heavy atom. The Morgan fingerprint density at radius 3 is 2.64 bits per heavy atom. The minimum Gasteiger partial charge on any atom is -0.296 e. The smallest absolute Gasteiger partial charge is 0.169 e. The first-order valence-electron chi connectivity index (χ1n) is 6.89. The molecule has 0 N–H and O–H groups in total. The topological polar surface area (TPSA) is 34.4 Å². The van der Waals surface area contributed by atoms with Gasteiger partial charge in [0.1, 0.15) is 11.4 Å². The van der Waals surface area contributed by atoms with Gasteiger partial charge in [0.25, 0.3) is 0 Å². The molecule has 0 aliphatic carbocycles. The summed E-state index contributed by atoms with van der Waals surface area (Å²) in [6.07, 6.45) is 2.61. The highest BCUT2D eigenvalue weighted by Crippen LogP contribution is 2.28. The molecule has 4 aromatic rings. The molecule has 0 aliphatic heterocycles. The summed E-state index contributed by atoms with van der Waals surface area (Å²) in [6, 6.07) is 17.7. The molecule has 2 aromatic carbocycles. The Labute approximate surface area is 131 Å². The van der Waals surface area contributed by atoms with Crippen LogP contribution in [0.2, 0.25) is 5.02 Å². The van der Waals surface area contributed by atoms with E-state index >= 15 is 0 Å². The van der Waals surface area contributed by atoms with Crippen LogP contribution in [0.1, 0.15) is 10.5 Å². The van der Waals surface area contributed by atoms with Gasteiger partial charge < -0.3 is 0 Å². The zero-order valence-electron chi connectivity index (χ0n) is 11.5. The maximum Gasteiger partial charge on any atom is 0.169 e. The van der Waals surface area contributed by atoms with Gasteiger partial charge in [-0.15, -0.1) is 0 Å². The van der Waals surface area contributed by atoms with Crippen LogP contribution in [0.4, 0.5) is 0 Å². The molecule has 0 atom stereocenters. The summed E-state index contributed by atoms with van der Waals surface area (Å²) in [5, 5.41) is 2.79. The number of hydrogen-bond acceptors (Lipinski definition) is 2. The molecule has 106 valence electrons. The van der Waals surface area contributed by atoms with Crippen molar-refractivity contribution >= 4 is 34.3 Å². The first kappa shape index (κ1) is 13.0. The highest BCUT2D eigenvalue weighted by Gasteiger charge is 2.15. The monoisotopic (exact) mass is 306 g/mol. The van der Waals surface area contributed by atoms with Crippen LogP contribution in [0.15, 0.2) is 60.8 Å². The number of pyridine rings is 1. The molecule has 2 heterocycles. The minimum absolute atomic E-state index is 0.507. The Morgan fingerprint density at radius 2 is 1.82 bits per heavy atom. The Balaban J connectivity index is 2.03. The SMILES string of the molecule is O=Cc1c(-c2ccc3ccccc3c2)nc2c(Cl)cccn12. The lowest BCUT2D eigenvalue weighted by molar-refractivity contribution is 0.111. The lowest BCUT2D eigenvalue weighted by Crippen LogP contribution is -1.92. The van der Waals surface area contributed by atoms with Crippen molar-refractivity contribution in [1.29, 1.82) is 0 Å². The molecule has 22 heavy (non-hydrogen) atoms. The Kier molecular flexibility index (Phi) is 2.94. The van der Waals surface area contributed by atoms with Gasteiger partial charge in [0.2, 0.25) is 0 Å². The van der Waals surface area contributed by atoms with Crippen LogP contribution in [0, 0.1) is 0 Å². The van der Waals surface area contributed by atoms with Gasteiger partial charge in [-0.25, -0.2) is 4.98 Å². The van der Waals surface area contributed by atoms with E-state index in [0.29, 0.717) is 22.1 Å². The Bertz CT molecular complexity index is 1020. The molecule has 3 nitrogen and oxygen atoms in total. The highest BCUT2D eigenvalue weighted by molar-refractivity contribution is 6.33. The molecule has 4 rings (SSSR count). The van der Waals surface area contributed by atoms with Crippen LogP contribution in [-0.2, 0) is 0 Å². The molecule has 2 aromatic heterocycles. The molecule has 0 spiro atoms. The second-order valence-corrected chi connectivity index (χ2v) is 5.48. The number of rotatable bonds is 2. The van der Waals surface area contributed by atoms with Crippen molar-refractivity contribution in [3.05, 3.63) is 71.5 Å². The molecule has 4 heteroatoms. The fraction of sp³-hybridized carbons (Fsp3) is 0. The number of imidazole rings is 1. The first-order valence-corrected chi connectivity index (χ1v) is 7.26. The zero-order chi connectivity index (χ0) is 15.1. The molecule has 0 saturated heterocycles. The molecule has 0 saturated carbocycles. The van der Waals surface area contributed by atoms with Crippen molar-refractivity contribution < 1.29 is 4.79 Å². The van der Waals surface area contributed by atoms with Crippen molar-refractivity contribution in [3.63, 3.8) is 0 Å². The number of aromatic nitrogens is 2. The number of halogens is 1. The molecule has 0 unspecified atom stereocenters. The summed E-state index contributed by atoms with van der Waals surface area (Å²) < 4.78 is 1.72. The van der Waals surface area contributed by atoms with Gasteiger partial charge >= 0.3 is 0 Å². The maximum absolute atomic E-state index is 11.5. The fourth-order valence-electron chi connectivity index (χ4n) is 2.71. The van der Waals surface area contributed by atoms with Crippen molar-refractivity contribution in [2.24, 2.45) is 0 Å². The predicted molar refractivity (Wildman–Crippen MR) is 88.5 cm³/mol. The summed E-state index contributed by atoms with van der Waals surface area (Å²) in [5.41, 5.74) is 2.65. The largest absolute Gasteiger partial charge is 0.296 e. The van der Waals surface area contributed by atoms with E-state index in [1.54, 1.807) is 22.7 Å². The van der Waals surface area contributed by atoms with E-state index in [0.717, 1.165) is 22.6 Å². The average Bonchev–Trinajstić information content (AvgIpc) is 2.94. The number of fused-ring (bicyclic) bond motifs is 2. The molecular formula is C18H11ClN2O. The summed E-state index contributed by atoms with van der Waals surface area (Å²) in [5.74, 6) is 0. The lowest BCUT2D eigenvalue weighted by Gasteiger charge is -2.02. The van der Waals surface area contributed by atoms with E-state index in [9.17, 15) is 4.79 Å². The number of nitrogens with zero attached hydrogens (tertiary/aromatic N) is 2. The van der Waals surface area contributed by atoms with Crippen molar-refractivity contribution in [2.45, 2.75) is 0 Å². The van der Waals surface area contributed by atoms with Gasteiger partial charge in [-0.3, -0.25) is 9.20 Å². The zero-order valence-corrected chi connectivity index (χ0v) is 12.3. The lowest BCUT2D eigenvalue weighted by atomic mass is 10.0. The molecule has 0 bridgehead atoms. The van der Waals surface area contributed by atoms with Crippen LogP contribution < -0.4 is 0 Å². The van der Waals surface area contributed by atoms with E-state index in [1.807, 2.05) is 36.4 Å². The van der Waals surface area contributed by atoms with Crippen molar-refractivity contribution in [2.75, 3.05) is 0 Å². The Hall–Kier alpha value is -2.65. The van der Waals surface area contributed by atoms with Crippen molar-refractivity contribution in [3.8, 4) is 11.3 Å². The third-order valence-electron chi connectivity index (χ3n) is 3.77. The highest BCUT2D eigenvalue weighted by atomic mass is 35.5. The summed E-state index contributed by atoms with van der Waals surface area (Å²) >= 11 is 6.18. The van der Waals surface area contributed by atoms with E-state index in [-0.39, 0.29) is 0 Å². The quantitative estimate of drug-likeness (QED) is 0.506. The number of carbonyl (C=O) groups is 1. The molecule has 0 aliphatic rings. The summed E-state index contributed by atoms with van der Waals surface area (Å²) in [7, 11) is 0. The van der Waals surface area contributed by atoms with Crippen molar-refractivity contribution in [1.82, 2.24) is 9.38 Å². The molecule has 0 amide bonds. The number of hydrogen-bond donors (Lipinski definition) is 0. The van der Waals surface area contributed by atoms with Gasteiger partial charge in [0.05, 0.1) is 5.02 Å². The fourth-order valence-corrected chi connectivity index (χ4v) is 2.92. The van der Waals surface area contributed by atoms with Gasteiger partial charge in [-0.2, -0.15) is 0 Å². The van der Waals surface area contributed by atoms with Gasteiger partial charge in [-0.05, 0) is 29.0 Å². The summed E-state index contributed by atoms with van der Waals surface area (Å²) in [4.78, 5) is 16.1. The summed E-state index contributed by atoms with van der Waals surface area (Å²) in [6.45, 7) is 0. The molecular weight excluding hydrogens is 296 g/mol. The van der Waals surface area contributed by atoms with Gasteiger partial charge in [0.15, 0.2) is 11.9 Å². The van der Waals surface area contributed by atoms with Crippen LogP contribution in [0.5, 0.6) is 0 Å². The first-order chi connectivity index (χ1) is 10.8. The van der Waals surface area contributed by atoms with Crippen LogP contribution in [-0.4, -0.2) is 15.7 Å². The van der Waals surface area contributed by atoms with Crippen LogP contribution in [0.25, 0.3) is 27.7 Å². The minimum atomic E-state index is 0.507. The maximum atomic E-state index is 11.5.